The lowest BCUT2D eigenvalue weighted by atomic mass is 10.00. The van der Waals surface area contributed by atoms with Gasteiger partial charge in [-0.1, -0.05) is 15.9 Å². The highest BCUT2D eigenvalue weighted by Crippen LogP contribution is 2.30. The van der Waals surface area contributed by atoms with Crippen LogP contribution in [0.2, 0.25) is 0 Å². The smallest absolute Gasteiger partial charge is 0.0357 e. The molecule has 2 heteroatoms. The van der Waals surface area contributed by atoms with Crippen LogP contribution in [0.1, 0.15) is 12.8 Å². The summed E-state index contributed by atoms with van der Waals surface area (Å²) in [4.78, 5) is 0.722. The van der Waals surface area contributed by atoms with Gasteiger partial charge in [0.25, 0.3) is 0 Å². The van der Waals surface area contributed by atoms with Gasteiger partial charge in [0.05, 0.1) is 0 Å². The van der Waals surface area contributed by atoms with Gasteiger partial charge in [0.2, 0.25) is 0 Å². The average Bonchev–Trinajstić information content (AvgIpc) is 1.33. The maximum atomic E-state index is 5.61. The summed E-state index contributed by atoms with van der Waals surface area (Å²) in [6.45, 7) is 0. The van der Waals surface area contributed by atoms with E-state index < -0.39 is 0 Å². The Labute approximate surface area is 51.0 Å². The van der Waals surface area contributed by atoms with Crippen LogP contribution >= 0.6 is 27.5 Å². The van der Waals surface area contributed by atoms with Gasteiger partial charge in [-0.25, -0.2) is 0 Å². The van der Waals surface area contributed by atoms with Gasteiger partial charge in [0, 0.05) is 10.2 Å². The van der Waals surface area contributed by atoms with Crippen LogP contribution in [0, 0.1) is 0 Å². The van der Waals surface area contributed by atoms with E-state index in [1.165, 1.54) is 0 Å². The summed E-state index contributed by atoms with van der Waals surface area (Å²) in [7, 11) is 0. The van der Waals surface area contributed by atoms with Gasteiger partial charge in [-0.05, 0) is 12.8 Å². The molecule has 0 heterocycles. The molecule has 0 N–H and O–H groups in total. The predicted molar refractivity (Wildman–Crippen MR) is 31.6 cm³/mol. The second-order valence-corrected chi connectivity index (χ2v) is 3.58. The molecule has 0 nitrogen and oxygen atoms in total. The second-order valence-electron chi connectivity index (χ2n) is 1.67. The van der Waals surface area contributed by atoms with Crippen LogP contribution in [0.25, 0.3) is 0 Å². The summed E-state index contributed by atoms with van der Waals surface area (Å²) in [5.41, 5.74) is 0. The van der Waals surface area contributed by atoms with Crippen LogP contribution in [0.3, 0.4) is 0 Å². The Bertz CT molecular complexity index is 43.5. The Balaban J connectivity index is 2.11. The molecule has 0 aliphatic heterocycles. The first-order chi connectivity index (χ1) is 2.79. The topological polar surface area (TPSA) is 0 Å². The Hall–Kier alpha value is 0.770. The lowest BCUT2D eigenvalue weighted by molar-refractivity contribution is 0.541. The zero-order chi connectivity index (χ0) is 4.57. The molecule has 0 unspecified atom stereocenters. The number of hydrogen-bond donors (Lipinski definition) is 0. The summed E-state index contributed by atoms with van der Waals surface area (Å²) in [6.07, 6.45) is 2.31. The van der Waals surface area contributed by atoms with E-state index in [0.717, 1.165) is 17.7 Å². The molecule has 36 valence electrons. The predicted octanol–water partition coefficient (Wildman–Crippen LogP) is 2.15. The molecule has 1 aliphatic rings. The maximum absolute atomic E-state index is 5.61. The third-order valence-electron chi connectivity index (χ3n) is 1.02. The van der Waals surface area contributed by atoms with Crippen molar-refractivity contribution in [2.75, 3.05) is 0 Å². The molecule has 1 saturated carbocycles. The van der Waals surface area contributed by atoms with Crippen molar-refractivity contribution in [3.63, 3.8) is 0 Å². The Morgan fingerprint density at radius 2 is 2.00 bits per heavy atom. The number of halogens is 2. The van der Waals surface area contributed by atoms with E-state index in [2.05, 4.69) is 15.9 Å². The van der Waals surface area contributed by atoms with Crippen molar-refractivity contribution in [2.24, 2.45) is 0 Å². The van der Waals surface area contributed by atoms with Gasteiger partial charge >= 0.3 is 0 Å². The van der Waals surface area contributed by atoms with E-state index >= 15 is 0 Å². The van der Waals surface area contributed by atoms with Gasteiger partial charge in [-0.15, -0.1) is 11.6 Å². The molecular formula is C4H6BrCl. The molecule has 1 rings (SSSR count). The molecule has 0 radical (unpaired) electrons. The summed E-state index contributed by atoms with van der Waals surface area (Å²) in [5, 5.41) is 0.467. The SMILES string of the molecule is ClC1CC(Br)C1. The number of alkyl halides is 2. The monoisotopic (exact) mass is 168 g/mol. The molecule has 0 saturated heterocycles. The lowest BCUT2D eigenvalue weighted by Crippen LogP contribution is -2.23. The standard InChI is InChI=1S/C4H6BrCl/c5-3-1-4(6)2-3/h3-4H,1-2H2. The van der Waals surface area contributed by atoms with Crippen LogP contribution in [0.5, 0.6) is 0 Å². The third kappa shape index (κ3) is 0.881. The molecule has 0 aromatic heterocycles. The van der Waals surface area contributed by atoms with Crippen LogP contribution in [0.15, 0.2) is 0 Å². The fourth-order valence-electron chi connectivity index (χ4n) is 0.486. The van der Waals surface area contributed by atoms with Crippen molar-refractivity contribution in [2.45, 2.75) is 23.0 Å². The van der Waals surface area contributed by atoms with Gasteiger partial charge in [-0.3, -0.25) is 0 Å². The highest BCUT2D eigenvalue weighted by molar-refractivity contribution is 9.09. The van der Waals surface area contributed by atoms with Gasteiger partial charge in [0.1, 0.15) is 0 Å². The van der Waals surface area contributed by atoms with Crippen molar-refractivity contribution < 1.29 is 0 Å². The molecule has 1 fully saturated rings. The third-order valence-corrected chi connectivity index (χ3v) is 2.13. The highest BCUT2D eigenvalue weighted by Gasteiger charge is 2.23. The lowest BCUT2D eigenvalue weighted by Gasteiger charge is -2.24. The molecule has 6 heavy (non-hydrogen) atoms. The summed E-state index contributed by atoms with van der Waals surface area (Å²) >= 11 is 9.03. The van der Waals surface area contributed by atoms with Crippen molar-refractivity contribution in [3.8, 4) is 0 Å². The summed E-state index contributed by atoms with van der Waals surface area (Å²) in [6, 6.07) is 0. The zero-order valence-electron chi connectivity index (χ0n) is 3.32. The fourth-order valence-corrected chi connectivity index (χ4v) is 2.25. The molecular weight excluding hydrogens is 163 g/mol. The minimum absolute atomic E-state index is 0.467. The van der Waals surface area contributed by atoms with E-state index in [1.54, 1.807) is 0 Å². The molecule has 0 amide bonds. The number of hydrogen-bond acceptors (Lipinski definition) is 0. The van der Waals surface area contributed by atoms with Crippen molar-refractivity contribution >= 4 is 27.5 Å². The van der Waals surface area contributed by atoms with E-state index in [9.17, 15) is 0 Å². The normalized spacial score (nSPS) is 45.0. The van der Waals surface area contributed by atoms with Crippen molar-refractivity contribution in [1.82, 2.24) is 0 Å². The molecule has 0 aromatic carbocycles. The van der Waals surface area contributed by atoms with E-state index in [0.29, 0.717) is 5.38 Å². The fraction of sp³-hybridized carbons (Fsp3) is 1.00. The van der Waals surface area contributed by atoms with Crippen LogP contribution < -0.4 is 0 Å². The van der Waals surface area contributed by atoms with E-state index in [-0.39, 0.29) is 0 Å². The van der Waals surface area contributed by atoms with Crippen LogP contribution in [-0.2, 0) is 0 Å². The Kier molecular flexibility index (Phi) is 1.40. The Morgan fingerprint density at radius 1 is 1.50 bits per heavy atom. The second kappa shape index (κ2) is 1.71. The average molecular weight is 169 g/mol. The van der Waals surface area contributed by atoms with Crippen LogP contribution in [0.4, 0.5) is 0 Å². The quantitative estimate of drug-likeness (QED) is 0.488. The molecule has 1 aliphatic carbocycles. The number of rotatable bonds is 0. The van der Waals surface area contributed by atoms with Crippen molar-refractivity contribution in [1.29, 1.82) is 0 Å². The largest absolute Gasteiger partial charge is 0.123 e. The maximum Gasteiger partial charge on any atom is 0.0357 e. The molecule has 0 atom stereocenters. The first kappa shape index (κ1) is 4.92. The van der Waals surface area contributed by atoms with Gasteiger partial charge in [0.15, 0.2) is 0 Å². The molecule has 0 aromatic rings. The first-order valence-electron chi connectivity index (χ1n) is 2.07. The minimum atomic E-state index is 0.467. The van der Waals surface area contributed by atoms with E-state index in [4.69, 9.17) is 11.6 Å². The molecule has 0 bridgehead atoms. The summed E-state index contributed by atoms with van der Waals surface area (Å²) < 4.78 is 0. The Morgan fingerprint density at radius 3 is 2.00 bits per heavy atom. The first-order valence-corrected chi connectivity index (χ1v) is 3.42. The highest BCUT2D eigenvalue weighted by atomic mass is 79.9. The van der Waals surface area contributed by atoms with Gasteiger partial charge < -0.3 is 0 Å². The van der Waals surface area contributed by atoms with Gasteiger partial charge in [-0.2, -0.15) is 0 Å². The zero-order valence-corrected chi connectivity index (χ0v) is 5.67. The van der Waals surface area contributed by atoms with Crippen LogP contribution in [-0.4, -0.2) is 10.2 Å². The molecule has 0 spiro atoms. The van der Waals surface area contributed by atoms with Crippen molar-refractivity contribution in [3.05, 3.63) is 0 Å². The van der Waals surface area contributed by atoms with E-state index in [1.807, 2.05) is 0 Å². The minimum Gasteiger partial charge on any atom is -0.123 e. The summed E-state index contributed by atoms with van der Waals surface area (Å²) in [5.74, 6) is 0.